The lowest BCUT2D eigenvalue weighted by molar-refractivity contribution is -0.123. The van der Waals surface area contributed by atoms with Crippen LogP contribution in [0.2, 0.25) is 5.02 Å². The first kappa shape index (κ1) is 28.8. The number of esters is 1. The van der Waals surface area contributed by atoms with Crippen LogP contribution in [0.1, 0.15) is 34.4 Å². The highest BCUT2D eigenvalue weighted by Gasteiger charge is 2.36. The van der Waals surface area contributed by atoms with Crippen LogP contribution in [0, 0.1) is 6.92 Å². The van der Waals surface area contributed by atoms with Crippen molar-refractivity contribution >= 4 is 58.1 Å². The number of nitrogens with zero attached hydrogens (tertiary/aromatic N) is 1. The lowest BCUT2D eigenvalue weighted by Crippen LogP contribution is -2.27. The van der Waals surface area contributed by atoms with Crippen molar-refractivity contribution in [3.8, 4) is 11.5 Å². The van der Waals surface area contributed by atoms with Crippen LogP contribution in [0.25, 0.3) is 6.08 Å². The molecular weight excluding hydrogens is 560 g/mol. The molecule has 0 radical (unpaired) electrons. The van der Waals surface area contributed by atoms with Gasteiger partial charge >= 0.3 is 5.97 Å². The second-order valence-corrected chi connectivity index (χ2v) is 9.89. The minimum absolute atomic E-state index is 0.0342. The first-order valence-electron chi connectivity index (χ1n) is 12.1. The monoisotopic (exact) mass is 584 g/mol. The van der Waals surface area contributed by atoms with Gasteiger partial charge in [-0.15, -0.1) is 0 Å². The fourth-order valence-electron chi connectivity index (χ4n) is 3.66. The first-order valence-corrected chi connectivity index (χ1v) is 13.3. The van der Waals surface area contributed by atoms with E-state index in [9.17, 15) is 19.2 Å². The average molecular weight is 585 g/mol. The molecule has 0 unspecified atom stereocenters. The Kier molecular flexibility index (Phi) is 9.18. The zero-order valence-electron chi connectivity index (χ0n) is 21.8. The van der Waals surface area contributed by atoms with Gasteiger partial charge in [0.05, 0.1) is 30.2 Å². The molecule has 1 aromatic heterocycles. The molecule has 1 N–H and O–H groups in total. The van der Waals surface area contributed by atoms with Crippen molar-refractivity contribution in [2.24, 2.45) is 0 Å². The molecule has 1 fully saturated rings. The third-order valence-electron chi connectivity index (χ3n) is 5.55. The Morgan fingerprint density at radius 2 is 1.85 bits per heavy atom. The summed E-state index contributed by atoms with van der Waals surface area (Å²) in [4.78, 5) is 50.7. The summed E-state index contributed by atoms with van der Waals surface area (Å²) in [6.45, 7) is 3.56. The Morgan fingerprint density at radius 1 is 1.10 bits per heavy atom. The van der Waals surface area contributed by atoms with Crippen LogP contribution in [0.3, 0.4) is 0 Å². The van der Waals surface area contributed by atoms with Crippen LogP contribution >= 0.6 is 23.4 Å². The van der Waals surface area contributed by atoms with Crippen molar-refractivity contribution < 1.29 is 37.8 Å². The molecule has 1 aliphatic rings. The maximum Gasteiger partial charge on any atom is 0.373 e. The van der Waals surface area contributed by atoms with Crippen molar-refractivity contribution in [3.05, 3.63) is 81.1 Å². The minimum Gasteiger partial charge on any atom is -0.490 e. The van der Waals surface area contributed by atoms with Crippen LogP contribution in [0.15, 0.2) is 57.9 Å². The number of nitrogens with one attached hydrogen (secondary N) is 1. The fourth-order valence-corrected chi connectivity index (χ4v) is 4.77. The topological polar surface area (TPSA) is 124 Å². The van der Waals surface area contributed by atoms with E-state index in [4.69, 9.17) is 25.5 Å². The molecule has 0 aliphatic carbocycles. The van der Waals surface area contributed by atoms with Gasteiger partial charge < -0.3 is 23.9 Å². The van der Waals surface area contributed by atoms with Crippen molar-refractivity contribution in [1.29, 1.82) is 0 Å². The molecule has 3 aromatic rings. The maximum atomic E-state index is 13.0. The number of rotatable bonds is 10. The molecule has 10 nitrogen and oxygen atoms in total. The molecule has 40 heavy (non-hydrogen) atoms. The smallest absolute Gasteiger partial charge is 0.373 e. The van der Waals surface area contributed by atoms with Crippen LogP contribution in [-0.4, -0.2) is 48.2 Å². The third kappa shape index (κ3) is 6.85. The number of hydrogen-bond acceptors (Lipinski definition) is 9. The Bertz CT molecular complexity index is 1480. The second-order valence-electron chi connectivity index (χ2n) is 8.49. The van der Waals surface area contributed by atoms with E-state index in [-0.39, 0.29) is 52.0 Å². The normalized spacial score (nSPS) is 14.0. The van der Waals surface area contributed by atoms with Gasteiger partial charge in [0.2, 0.25) is 5.76 Å². The SMILES string of the molecule is CCOc1cc(/C=C2/SC(=O)N(Cc3ccc(C(=O)OC)o3)C2=O)cc(Cl)c1OCC(=O)Nc1ccc(C)cc1. The van der Waals surface area contributed by atoms with Crippen molar-refractivity contribution in [2.45, 2.75) is 20.4 Å². The number of benzene rings is 2. The Morgan fingerprint density at radius 3 is 2.55 bits per heavy atom. The minimum atomic E-state index is -0.665. The van der Waals surface area contributed by atoms with E-state index in [0.717, 1.165) is 22.2 Å². The van der Waals surface area contributed by atoms with Gasteiger partial charge in [0.1, 0.15) is 5.76 Å². The number of hydrogen-bond donors (Lipinski definition) is 1. The van der Waals surface area contributed by atoms with Crippen molar-refractivity contribution in [1.82, 2.24) is 4.90 Å². The van der Waals surface area contributed by atoms with E-state index < -0.39 is 17.1 Å². The summed E-state index contributed by atoms with van der Waals surface area (Å²) in [5.41, 5.74) is 2.19. The zero-order chi connectivity index (χ0) is 28.8. The predicted molar refractivity (Wildman–Crippen MR) is 149 cm³/mol. The number of thioether (sulfide) groups is 1. The largest absolute Gasteiger partial charge is 0.490 e. The van der Waals surface area contributed by atoms with Gasteiger partial charge in [-0.1, -0.05) is 29.3 Å². The second kappa shape index (κ2) is 12.8. The molecule has 0 spiro atoms. The predicted octanol–water partition coefficient (Wildman–Crippen LogP) is 5.68. The van der Waals surface area contributed by atoms with Crippen LogP contribution in [-0.2, 0) is 20.9 Å². The lowest BCUT2D eigenvalue weighted by atomic mass is 10.1. The van der Waals surface area contributed by atoms with Gasteiger partial charge in [0, 0.05) is 5.69 Å². The highest BCUT2D eigenvalue weighted by atomic mass is 35.5. The maximum absolute atomic E-state index is 13.0. The Balaban J connectivity index is 1.47. The molecule has 3 amide bonds. The van der Waals surface area contributed by atoms with E-state index in [1.54, 1.807) is 31.2 Å². The van der Waals surface area contributed by atoms with Crippen LogP contribution in [0.5, 0.6) is 11.5 Å². The molecule has 1 aliphatic heterocycles. The quantitative estimate of drug-likeness (QED) is 0.237. The summed E-state index contributed by atoms with van der Waals surface area (Å²) >= 11 is 7.23. The standard InChI is InChI=1S/C28H25ClN2O8S/c1-4-37-22-12-17(11-20(29)25(22)38-15-24(32)30-18-7-5-16(2)6-8-18)13-23-26(33)31(28(35)40-23)14-19-9-10-21(39-19)27(34)36-3/h5-13H,4,14-15H2,1-3H3,(H,30,32)/b23-13+. The van der Waals surface area contributed by atoms with Gasteiger partial charge in [-0.2, -0.15) is 0 Å². The van der Waals surface area contributed by atoms with Gasteiger partial charge in [-0.05, 0) is 73.6 Å². The highest BCUT2D eigenvalue weighted by Crippen LogP contribution is 2.39. The molecule has 0 saturated carbocycles. The summed E-state index contributed by atoms with van der Waals surface area (Å²) in [7, 11) is 1.22. The van der Waals surface area contributed by atoms with Crippen LogP contribution < -0.4 is 14.8 Å². The molecule has 208 valence electrons. The molecule has 12 heteroatoms. The van der Waals surface area contributed by atoms with Crippen molar-refractivity contribution in [3.63, 3.8) is 0 Å². The molecule has 0 atom stereocenters. The van der Waals surface area contributed by atoms with Gasteiger partial charge in [-0.25, -0.2) is 4.79 Å². The molecule has 4 rings (SSSR count). The number of methoxy groups -OCH3 is 1. The Labute approximate surface area is 239 Å². The third-order valence-corrected chi connectivity index (χ3v) is 6.74. The number of halogens is 1. The molecular formula is C28H25ClN2O8S. The highest BCUT2D eigenvalue weighted by molar-refractivity contribution is 8.18. The summed E-state index contributed by atoms with van der Waals surface area (Å²) < 4.78 is 21.3. The number of furan rings is 1. The summed E-state index contributed by atoms with van der Waals surface area (Å²) in [5, 5.41) is 2.41. The molecule has 1 saturated heterocycles. The number of aryl methyl sites for hydroxylation is 1. The van der Waals surface area contributed by atoms with E-state index in [0.29, 0.717) is 17.9 Å². The molecule has 2 aromatic carbocycles. The number of imide groups is 1. The zero-order valence-corrected chi connectivity index (χ0v) is 23.4. The molecule has 0 bridgehead atoms. The average Bonchev–Trinajstić information content (AvgIpc) is 3.49. The molecule has 2 heterocycles. The lowest BCUT2D eigenvalue weighted by Gasteiger charge is -2.15. The fraction of sp³-hybridized carbons (Fsp3) is 0.214. The number of carbonyl (C=O) groups is 4. The van der Waals surface area contributed by atoms with Crippen LogP contribution in [0.4, 0.5) is 10.5 Å². The van der Waals surface area contributed by atoms with Gasteiger partial charge in [0.25, 0.3) is 17.1 Å². The summed E-state index contributed by atoms with van der Waals surface area (Å²) in [5.74, 6) is -0.918. The number of anilines is 1. The van der Waals surface area contributed by atoms with Gasteiger partial charge in [-0.3, -0.25) is 19.3 Å². The van der Waals surface area contributed by atoms with Gasteiger partial charge in [0.15, 0.2) is 18.1 Å². The first-order chi connectivity index (χ1) is 19.2. The summed E-state index contributed by atoms with van der Waals surface area (Å²) in [6, 6.07) is 13.4. The Hall–Kier alpha value is -4.22. The van der Waals surface area contributed by atoms with Crippen molar-refractivity contribution in [2.75, 3.05) is 25.6 Å². The van der Waals surface area contributed by atoms with E-state index >= 15 is 0 Å². The van der Waals surface area contributed by atoms with E-state index in [1.165, 1.54) is 25.3 Å². The van der Waals surface area contributed by atoms with E-state index in [1.807, 2.05) is 19.1 Å². The number of carbonyl (C=O) groups excluding carboxylic acids is 4. The number of ether oxygens (including phenoxy) is 3. The summed E-state index contributed by atoms with van der Waals surface area (Å²) in [6.07, 6.45) is 1.51. The van der Waals surface area contributed by atoms with E-state index in [2.05, 4.69) is 10.1 Å². The number of amides is 3.